The molecule has 0 saturated heterocycles. The summed E-state index contributed by atoms with van der Waals surface area (Å²) >= 11 is 0. The van der Waals surface area contributed by atoms with Crippen LogP contribution in [-0.2, 0) is 60.8 Å². The maximum absolute atomic E-state index is 8.39. The van der Waals surface area contributed by atoms with Gasteiger partial charge in [-0.1, -0.05) is 188 Å². The van der Waals surface area contributed by atoms with Crippen LogP contribution in [0.1, 0.15) is 170 Å². The van der Waals surface area contributed by atoms with Gasteiger partial charge in [-0.15, -0.1) is 0 Å². The Morgan fingerprint density at radius 2 is 0.585 bits per heavy atom. The maximum Gasteiger partial charge on any atom is 0.212 e. The summed E-state index contributed by atoms with van der Waals surface area (Å²) in [5, 5.41) is 0. The fourth-order valence-corrected chi connectivity index (χ4v) is 12.0. The maximum atomic E-state index is 8.39. The van der Waals surface area contributed by atoms with Crippen LogP contribution < -0.4 is 22.8 Å². The molecule has 0 saturated carbocycles. The van der Waals surface area contributed by atoms with Crippen molar-refractivity contribution in [2.45, 2.75) is 170 Å². The van der Waals surface area contributed by atoms with Crippen LogP contribution in [0.25, 0.3) is 56.3 Å². The van der Waals surface area contributed by atoms with Crippen molar-refractivity contribution in [3.63, 3.8) is 0 Å². The van der Waals surface area contributed by atoms with Crippen LogP contribution >= 0.6 is 0 Å². The van der Waals surface area contributed by atoms with E-state index in [0.717, 1.165) is 35.4 Å². The Kier molecular flexibility index (Phi) is 24.0. The SMILES string of the molecule is Cc1ccccc1-c1cc(C)c(C(C)C)c[n+]1C.Cc1ccccc1-c1cc(CC(C)(C)C)cc[n+]1C.Cc1ccccc1-c1ccc(CC(C)(C)C)c[n+]1C.[2H]C([2H])(c1ccc(-c2ccccc2C)[n+](C)c1)C(C)(C)C.[2H]C([2H])(c1ccc(-c2ccccc2C)[n+](C)c1)C(C)(C)C. The Labute approximate surface area is 576 Å². The molecule has 5 aromatic heterocycles. The summed E-state index contributed by atoms with van der Waals surface area (Å²) in [5.74, 6) is 0.571. The zero-order valence-electron chi connectivity index (χ0n) is 66.4. The van der Waals surface area contributed by atoms with Crippen LogP contribution in [0.5, 0.6) is 0 Å². The third kappa shape index (κ3) is 22.8. The first-order chi connectivity index (χ1) is 45.5. The number of benzene rings is 5. The van der Waals surface area contributed by atoms with Gasteiger partial charge in [0.15, 0.2) is 31.0 Å². The summed E-state index contributed by atoms with van der Waals surface area (Å²) in [5.41, 5.74) is 25.6. The van der Waals surface area contributed by atoms with Crippen LogP contribution in [0, 0.1) is 63.2 Å². The molecule has 5 nitrogen and oxygen atoms in total. The van der Waals surface area contributed by atoms with Gasteiger partial charge in [0.05, 0.1) is 0 Å². The molecule has 494 valence electrons. The average Bonchev–Trinajstić information content (AvgIpc) is 0.792. The second-order valence-corrected chi connectivity index (χ2v) is 30.8. The third-order valence-corrected chi connectivity index (χ3v) is 16.4. The molecule has 0 radical (unpaired) electrons. The minimum Gasteiger partial charge on any atom is -0.201 e. The molecule has 5 heterocycles. The molecule has 0 atom stereocenters. The van der Waals surface area contributed by atoms with Gasteiger partial charge in [0.1, 0.15) is 35.2 Å². The van der Waals surface area contributed by atoms with Crippen molar-refractivity contribution in [2.75, 3.05) is 0 Å². The number of aromatic nitrogens is 5. The molecule has 0 fully saturated rings. The van der Waals surface area contributed by atoms with Gasteiger partial charge in [0, 0.05) is 92.0 Å². The van der Waals surface area contributed by atoms with Crippen molar-refractivity contribution in [3.05, 3.63) is 268 Å². The molecular formula is C89H118N5+5. The fraction of sp³-hybridized carbons (Fsp3) is 0.382. The van der Waals surface area contributed by atoms with Crippen LogP contribution in [0.15, 0.2) is 207 Å². The van der Waals surface area contributed by atoms with Gasteiger partial charge in [-0.05, 0) is 182 Å². The molecule has 0 aliphatic heterocycles. The highest BCUT2D eigenvalue weighted by molar-refractivity contribution is 5.64. The zero-order chi connectivity index (χ0) is 73.0. The van der Waals surface area contributed by atoms with Crippen molar-refractivity contribution in [3.8, 4) is 56.3 Å². The number of rotatable bonds is 10. The topological polar surface area (TPSA) is 19.4 Å². The summed E-state index contributed by atoms with van der Waals surface area (Å²) in [6.07, 6.45) is 9.99. The Hall–Kier alpha value is -8.15. The highest BCUT2D eigenvalue weighted by atomic mass is 14.9. The molecule has 0 amide bonds. The van der Waals surface area contributed by atoms with Crippen LogP contribution in [-0.4, -0.2) is 0 Å². The lowest BCUT2D eigenvalue weighted by atomic mass is 9.88. The summed E-state index contributed by atoms with van der Waals surface area (Å²) in [6.45, 7) is 42.7. The van der Waals surface area contributed by atoms with Gasteiger partial charge < -0.3 is 0 Å². The molecule has 0 unspecified atom stereocenters. The van der Waals surface area contributed by atoms with E-state index in [2.05, 4.69) is 278 Å². The van der Waals surface area contributed by atoms with E-state index in [1.165, 1.54) is 95.0 Å². The largest absolute Gasteiger partial charge is 0.212 e. The summed E-state index contributed by atoms with van der Waals surface area (Å²) in [7, 11) is 10.3. The standard InChI is InChI=1S/4C18H24N.C17H22N/c1-14-8-6-7-9-16(14)17-12-15(10-11-19(17)5)13-18(2,3)4;3*1-14-8-6-7-9-16(14)17-11-10-15(13-19(17)5)12-18(2,3)4;1-12(2)16-11-18(5)17(10-14(16)4)15-9-7-6-8-13(15)3/h6-12H,13H2,1-5H3;3*6-11,13H,12H2,1-5H3;6-12H,1-5H3/q5*+1/i;2*12D2;;. The van der Waals surface area contributed by atoms with Gasteiger partial charge >= 0.3 is 0 Å². The molecule has 0 aliphatic carbocycles. The molecule has 5 aromatic carbocycles. The quantitative estimate of drug-likeness (QED) is 0.122. The molecule has 5 heteroatoms. The van der Waals surface area contributed by atoms with Gasteiger partial charge in [-0.2, -0.15) is 0 Å². The zero-order valence-corrected chi connectivity index (χ0v) is 62.4. The van der Waals surface area contributed by atoms with E-state index < -0.39 is 23.6 Å². The van der Waals surface area contributed by atoms with E-state index >= 15 is 0 Å². The fourth-order valence-electron chi connectivity index (χ4n) is 12.0. The summed E-state index contributed by atoms with van der Waals surface area (Å²) in [6, 6.07) is 61.4. The van der Waals surface area contributed by atoms with E-state index in [1.54, 1.807) is 0 Å². The van der Waals surface area contributed by atoms with E-state index in [-0.39, 0.29) is 0 Å². The normalized spacial score (nSPS) is 12.4. The first kappa shape index (κ1) is 68.7. The van der Waals surface area contributed by atoms with Crippen molar-refractivity contribution in [1.29, 1.82) is 0 Å². The third-order valence-electron chi connectivity index (χ3n) is 16.4. The van der Waals surface area contributed by atoms with E-state index in [9.17, 15) is 0 Å². The Bertz CT molecular complexity index is 4200. The van der Waals surface area contributed by atoms with E-state index in [0.29, 0.717) is 16.7 Å². The van der Waals surface area contributed by atoms with Crippen LogP contribution in [0.4, 0.5) is 0 Å². The van der Waals surface area contributed by atoms with Crippen molar-refractivity contribution in [1.82, 2.24) is 0 Å². The second-order valence-electron chi connectivity index (χ2n) is 30.8. The molecular weight excluding hydrogens is 1140 g/mol. The predicted molar refractivity (Wildman–Crippen MR) is 400 cm³/mol. The minimum atomic E-state index is -1.37. The number of hydrogen-bond acceptors (Lipinski definition) is 0. The smallest absolute Gasteiger partial charge is 0.201 e. The molecule has 10 aromatic rings. The average molecular weight is 1260 g/mol. The molecule has 0 bridgehead atoms. The van der Waals surface area contributed by atoms with Gasteiger partial charge in [0.25, 0.3) is 0 Å². The predicted octanol–water partition coefficient (Wildman–Crippen LogP) is 20.2. The number of hydrogen-bond donors (Lipinski definition) is 0. The van der Waals surface area contributed by atoms with Crippen LogP contribution in [0.2, 0.25) is 0 Å². The molecule has 10 rings (SSSR count). The van der Waals surface area contributed by atoms with E-state index in [4.69, 9.17) is 5.48 Å². The second kappa shape index (κ2) is 32.8. The number of nitrogens with zero attached hydrogens (tertiary/aromatic N) is 5. The first-order valence-corrected chi connectivity index (χ1v) is 33.8. The highest BCUT2D eigenvalue weighted by Crippen LogP contribution is 2.30. The van der Waals surface area contributed by atoms with Crippen molar-refractivity contribution < 1.29 is 28.3 Å². The lowest BCUT2D eigenvalue weighted by Gasteiger charge is -2.18. The van der Waals surface area contributed by atoms with E-state index in [1.807, 2.05) is 126 Å². The Morgan fingerprint density at radius 3 is 0.894 bits per heavy atom. The van der Waals surface area contributed by atoms with Gasteiger partial charge in [0.2, 0.25) is 28.5 Å². The monoisotopic (exact) mass is 1260 g/mol. The molecule has 0 N–H and O–H groups in total. The number of aryl methyl sites for hydroxylation is 11. The van der Waals surface area contributed by atoms with Gasteiger partial charge in [-0.3, -0.25) is 0 Å². The van der Waals surface area contributed by atoms with Crippen molar-refractivity contribution >= 4 is 0 Å². The number of pyridine rings is 5. The highest BCUT2D eigenvalue weighted by Gasteiger charge is 2.22. The summed E-state index contributed by atoms with van der Waals surface area (Å²) < 4.78 is 44.3. The lowest BCUT2D eigenvalue weighted by molar-refractivity contribution is -0.661. The minimum absolute atomic E-state index is 0.322. The first-order valence-electron chi connectivity index (χ1n) is 35.8. The molecule has 94 heavy (non-hydrogen) atoms. The van der Waals surface area contributed by atoms with Crippen molar-refractivity contribution in [2.24, 2.45) is 56.9 Å². The summed E-state index contributed by atoms with van der Waals surface area (Å²) in [4.78, 5) is 0. The lowest BCUT2D eigenvalue weighted by Crippen LogP contribution is -2.32. The Morgan fingerprint density at radius 1 is 0.298 bits per heavy atom. The molecule has 0 spiro atoms. The Balaban J connectivity index is 0.000000194. The molecule has 0 aliphatic rings. The van der Waals surface area contributed by atoms with Crippen LogP contribution in [0.3, 0.4) is 0 Å². The van der Waals surface area contributed by atoms with Gasteiger partial charge in [-0.25, -0.2) is 22.8 Å².